The van der Waals surface area contributed by atoms with Gasteiger partial charge in [0, 0.05) is 5.92 Å². The number of aliphatic hydroxyl groups is 3. The maximum atomic E-state index is 11.1. The van der Waals surface area contributed by atoms with Crippen LogP contribution in [0.25, 0.3) is 0 Å². The van der Waals surface area contributed by atoms with Crippen molar-refractivity contribution in [1.29, 1.82) is 0 Å². The molecule has 120 valence electrons. The van der Waals surface area contributed by atoms with Gasteiger partial charge in [-0.1, -0.05) is 58.3 Å². The number of hydrogen-bond acceptors (Lipinski definition) is 3. The first kappa shape index (κ1) is 17.9. The van der Waals surface area contributed by atoms with E-state index in [1.54, 1.807) is 6.92 Å². The van der Waals surface area contributed by atoms with Gasteiger partial charge in [-0.25, -0.2) is 0 Å². The number of rotatable bonds is 5. The topological polar surface area (TPSA) is 60.7 Å². The van der Waals surface area contributed by atoms with Crippen molar-refractivity contribution in [3.63, 3.8) is 0 Å². The van der Waals surface area contributed by atoms with Crippen molar-refractivity contribution in [3.05, 3.63) is 0 Å². The summed E-state index contributed by atoms with van der Waals surface area (Å²) in [5.41, 5.74) is -1.11. The van der Waals surface area contributed by atoms with E-state index < -0.39 is 17.8 Å². The predicted molar refractivity (Wildman–Crippen MR) is 82.6 cm³/mol. The largest absolute Gasteiger partial charge is 0.393 e. The van der Waals surface area contributed by atoms with E-state index in [0.29, 0.717) is 12.8 Å². The van der Waals surface area contributed by atoms with Crippen LogP contribution in [0.3, 0.4) is 0 Å². The third kappa shape index (κ3) is 5.01. The minimum atomic E-state index is -1.11. The summed E-state index contributed by atoms with van der Waals surface area (Å²) in [5, 5.41) is 31.7. The zero-order valence-electron chi connectivity index (χ0n) is 13.4. The molecule has 1 aliphatic carbocycles. The number of aliphatic hydroxyl groups excluding tert-OH is 2. The Morgan fingerprint density at radius 2 is 1.65 bits per heavy atom. The quantitative estimate of drug-likeness (QED) is 0.726. The van der Waals surface area contributed by atoms with Gasteiger partial charge in [-0.15, -0.1) is 0 Å². The SMILES string of the molecule is CCCCC(O)C1(O)CCCCCCCCC1C(C)O. The zero-order chi connectivity index (χ0) is 15.0. The second kappa shape index (κ2) is 9.01. The first-order valence-electron chi connectivity index (χ1n) is 8.61. The molecule has 0 saturated heterocycles. The molecule has 0 aliphatic heterocycles. The molecular weight excluding hydrogens is 252 g/mol. The van der Waals surface area contributed by atoms with Crippen molar-refractivity contribution in [2.75, 3.05) is 0 Å². The maximum Gasteiger partial charge on any atom is 0.0957 e. The lowest BCUT2D eigenvalue weighted by Gasteiger charge is -2.42. The summed E-state index contributed by atoms with van der Waals surface area (Å²) < 4.78 is 0. The molecule has 0 aromatic carbocycles. The summed E-state index contributed by atoms with van der Waals surface area (Å²) in [7, 11) is 0. The molecular formula is C17H34O3. The number of unbranched alkanes of at least 4 members (excludes halogenated alkanes) is 1. The van der Waals surface area contributed by atoms with Gasteiger partial charge < -0.3 is 15.3 Å². The molecule has 4 unspecified atom stereocenters. The fourth-order valence-electron chi connectivity index (χ4n) is 3.63. The lowest BCUT2D eigenvalue weighted by molar-refractivity contribution is -0.150. The molecule has 0 aromatic rings. The van der Waals surface area contributed by atoms with Crippen LogP contribution in [0.1, 0.15) is 84.5 Å². The molecule has 1 saturated carbocycles. The van der Waals surface area contributed by atoms with Crippen LogP contribution in [0, 0.1) is 5.92 Å². The average molecular weight is 286 g/mol. The van der Waals surface area contributed by atoms with E-state index >= 15 is 0 Å². The van der Waals surface area contributed by atoms with Gasteiger partial charge in [0.05, 0.1) is 17.8 Å². The van der Waals surface area contributed by atoms with Gasteiger partial charge in [0.2, 0.25) is 0 Å². The Hall–Kier alpha value is -0.120. The van der Waals surface area contributed by atoms with E-state index in [2.05, 4.69) is 6.92 Å². The molecule has 3 nitrogen and oxygen atoms in total. The minimum absolute atomic E-state index is 0.201. The minimum Gasteiger partial charge on any atom is -0.393 e. The summed E-state index contributed by atoms with van der Waals surface area (Å²) in [6, 6.07) is 0. The molecule has 0 aromatic heterocycles. The normalized spacial score (nSPS) is 32.5. The fourth-order valence-corrected chi connectivity index (χ4v) is 3.63. The van der Waals surface area contributed by atoms with E-state index in [4.69, 9.17) is 0 Å². The Morgan fingerprint density at radius 3 is 2.25 bits per heavy atom. The van der Waals surface area contributed by atoms with Crippen LogP contribution in [-0.2, 0) is 0 Å². The Bertz CT molecular complexity index is 255. The molecule has 1 aliphatic rings. The third-order valence-electron chi connectivity index (χ3n) is 4.97. The first-order valence-corrected chi connectivity index (χ1v) is 8.61. The Labute approximate surface area is 124 Å². The van der Waals surface area contributed by atoms with E-state index in [0.717, 1.165) is 38.5 Å². The highest BCUT2D eigenvalue weighted by Gasteiger charge is 2.44. The van der Waals surface area contributed by atoms with Crippen molar-refractivity contribution >= 4 is 0 Å². The molecule has 0 amide bonds. The van der Waals surface area contributed by atoms with Gasteiger partial charge in [0.15, 0.2) is 0 Å². The lowest BCUT2D eigenvalue weighted by atomic mass is 9.72. The van der Waals surface area contributed by atoms with Crippen molar-refractivity contribution in [2.24, 2.45) is 5.92 Å². The summed E-state index contributed by atoms with van der Waals surface area (Å²) in [6.07, 6.45) is 9.51. The summed E-state index contributed by atoms with van der Waals surface area (Å²) in [4.78, 5) is 0. The first-order chi connectivity index (χ1) is 9.52. The highest BCUT2D eigenvalue weighted by atomic mass is 16.3. The Morgan fingerprint density at radius 1 is 1.05 bits per heavy atom. The highest BCUT2D eigenvalue weighted by Crippen LogP contribution is 2.37. The summed E-state index contributed by atoms with van der Waals surface area (Å²) in [6.45, 7) is 3.85. The number of hydrogen-bond donors (Lipinski definition) is 3. The molecule has 0 heterocycles. The molecule has 0 radical (unpaired) electrons. The summed E-state index contributed by atoms with van der Waals surface area (Å²) in [5.74, 6) is -0.201. The molecule has 1 rings (SSSR count). The van der Waals surface area contributed by atoms with Crippen LogP contribution >= 0.6 is 0 Å². The van der Waals surface area contributed by atoms with Crippen LogP contribution in [0.2, 0.25) is 0 Å². The average Bonchev–Trinajstić information content (AvgIpc) is 2.42. The maximum absolute atomic E-state index is 11.1. The van der Waals surface area contributed by atoms with Crippen LogP contribution in [0.15, 0.2) is 0 Å². The highest BCUT2D eigenvalue weighted by molar-refractivity contribution is 4.95. The molecule has 0 bridgehead atoms. The second-order valence-corrected chi connectivity index (χ2v) is 6.66. The second-order valence-electron chi connectivity index (χ2n) is 6.66. The Kier molecular flexibility index (Phi) is 8.08. The monoisotopic (exact) mass is 286 g/mol. The fraction of sp³-hybridized carbons (Fsp3) is 1.00. The summed E-state index contributed by atoms with van der Waals surface area (Å²) >= 11 is 0. The van der Waals surface area contributed by atoms with Gasteiger partial charge in [-0.3, -0.25) is 0 Å². The van der Waals surface area contributed by atoms with E-state index in [1.165, 1.54) is 19.3 Å². The van der Waals surface area contributed by atoms with Gasteiger partial charge in [-0.05, 0) is 26.2 Å². The molecule has 20 heavy (non-hydrogen) atoms. The van der Waals surface area contributed by atoms with E-state index in [9.17, 15) is 15.3 Å². The van der Waals surface area contributed by atoms with Gasteiger partial charge in [0.1, 0.15) is 0 Å². The van der Waals surface area contributed by atoms with Gasteiger partial charge in [-0.2, -0.15) is 0 Å². The van der Waals surface area contributed by atoms with Crippen LogP contribution in [0.4, 0.5) is 0 Å². The lowest BCUT2D eigenvalue weighted by Crippen LogP contribution is -2.52. The van der Waals surface area contributed by atoms with Gasteiger partial charge in [0.25, 0.3) is 0 Å². The molecule has 3 N–H and O–H groups in total. The van der Waals surface area contributed by atoms with Crippen molar-refractivity contribution in [3.8, 4) is 0 Å². The van der Waals surface area contributed by atoms with Crippen molar-refractivity contribution in [1.82, 2.24) is 0 Å². The van der Waals surface area contributed by atoms with Gasteiger partial charge >= 0.3 is 0 Å². The van der Waals surface area contributed by atoms with Crippen LogP contribution in [0.5, 0.6) is 0 Å². The zero-order valence-corrected chi connectivity index (χ0v) is 13.4. The van der Waals surface area contributed by atoms with Crippen molar-refractivity contribution in [2.45, 2.75) is 102 Å². The standard InChI is InChI=1S/C17H34O3/c1-3-4-12-16(19)17(20)13-10-8-6-5-7-9-11-15(17)14(2)18/h14-16,18-20H,3-13H2,1-2H3. The third-order valence-corrected chi connectivity index (χ3v) is 4.97. The van der Waals surface area contributed by atoms with E-state index in [-0.39, 0.29) is 5.92 Å². The van der Waals surface area contributed by atoms with E-state index in [1.807, 2.05) is 0 Å². The molecule has 4 atom stereocenters. The van der Waals surface area contributed by atoms with Crippen LogP contribution < -0.4 is 0 Å². The molecule has 0 spiro atoms. The molecule has 1 fully saturated rings. The smallest absolute Gasteiger partial charge is 0.0957 e. The van der Waals surface area contributed by atoms with Crippen molar-refractivity contribution < 1.29 is 15.3 Å². The molecule has 3 heteroatoms. The predicted octanol–water partition coefficient (Wildman–Crippen LogP) is 3.40. The Balaban J connectivity index is 2.83. The van der Waals surface area contributed by atoms with Crippen LogP contribution in [-0.4, -0.2) is 33.1 Å².